The Labute approximate surface area is 206 Å². The van der Waals surface area contributed by atoms with Crippen molar-refractivity contribution in [3.8, 4) is 17.1 Å². The van der Waals surface area contributed by atoms with Crippen LogP contribution >= 0.6 is 0 Å². The van der Waals surface area contributed by atoms with Gasteiger partial charge in [0.2, 0.25) is 11.8 Å². The highest BCUT2D eigenvalue weighted by molar-refractivity contribution is 7.92. The van der Waals surface area contributed by atoms with Gasteiger partial charge in [0, 0.05) is 29.6 Å². The maximum Gasteiger partial charge on any atom is 0.363 e. The number of nitrogens with zero attached hydrogens (tertiary/aromatic N) is 3. The molecule has 1 aliphatic rings. The van der Waals surface area contributed by atoms with Gasteiger partial charge in [-0.05, 0) is 66.7 Å². The second-order valence-corrected chi connectivity index (χ2v) is 9.15. The van der Waals surface area contributed by atoms with E-state index in [4.69, 9.17) is 13.9 Å². The normalized spacial score (nSPS) is 14.4. The van der Waals surface area contributed by atoms with E-state index in [-0.39, 0.29) is 22.4 Å². The van der Waals surface area contributed by atoms with Crippen molar-refractivity contribution < 1.29 is 27.1 Å². The van der Waals surface area contributed by atoms with Gasteiger partial charge < -0.3 is 13.9 Å². The highest BCUT2D eigenvalue weighted by Gasteiger charge is 2.25. The lowest BCUT2D eigenvalue weighted by Gasteiger charge is -2.06. The molecule has 0 radical (unpaired) electrons. The highest BCUT2D eigenvalue weighted by Crippen LogP contribution is 2.27. The summed E-state index contributed by atoms with van der Waals surface area (Å²) in [4.78, 5) is 24.3. The minimum Gasteiger partial charge on any atom is -0.497 e. The zero-order valence-corrected chi connectivity index (χ0v) is 19.6. The summed E-state index contributed by atoms with van der Waals surface area (Å²) in [6.07, 6.45) is 4.35. The average molecular weight is 503 g/mol. The number of esters is 1. The van der Waals surface area contributed by atoms with Crippen molar-refractivity contribution in [2.45, 2.75) is 4.90 Å². The Balaban J connectivity index is 1.32. The first-order valence-electron chi connectivity index (χ1n) is 10.6. The number of methoxy groups -OCH3 is 1. The monoisotopic (exact) mass is 502 g/mol. The summed E-state index contributed by atoms with van der Waals surface area (Å²) in [6, 6.07) is 18.1. The van der Waals surface area contributed by atoms with Crippen LogP contribution in [0.15, 0.2) is 99.1 Å². The fourth-order valence-electron chi connectivity index (χ4n) is 3.32. The van der Waals surface area contributed by atoms with Crippen LogP contribution in [0.3, 0.4) is 0 Å². The third kappa shape index (κ3) is 4.86. The number of ether oxygens (including phenoxy) is 2. The Morgan fingerprint density at radius 2 is 1.61 bits per heavy atom. The van der Waals surface area contributed by atoms with E-state index in [9.17, 15) is 13.2 Å². The molecular formula is C25H18N4O6S. The van der Waals surface area contributed by atoms with Gasteiger partial charge in [0.1, 0.15) is 17.3 Å². The summed E-state index contributed by atoms with van der Waals surface area (Å²) >= 11 is 0. The molecule has 1 N–H and O–H groups in total. The van der Waals surface area contributed by atoms with Crippen molar-refractivity contribution in [2.75, 3.05) is 11.8 Å². The topological polar surface area (TPSA) is 133 Å². The molecule has 36 heavy (non-hydrogen) atoms. The molecule has 0 bridgehead atoms. The molecule has 2 aromatic carbocycles. The van der Waals surface area contributed by atoms with Crippen LogP contribution in [-0.4, -0.2) is 37.4 Å². The van der Waals surface area contributed by atoms with Crippen molar-refractivity contribution in [3.63, 3.8) is 0 Å². The van der Waals surface area contributed by atoms with Crippen LogP contribution in [0, 0.1) is 0 Å². The van der Waals surface area contributed by atoms with E-state index in [2.05, 4.69) is 19.7 Å². The molecule has 0 spiro atoms. The van der Waals surface area contributed by atoms with E-state index in [1.807, 2.05) is 0 Å². The van der Waals surface area contributed by atoms with Crippen LogP contribution in [0.5, 0.6) is 5.75 Å². The predicted molar refractivity (Wildman–Crippen MR) is 131 cm³/mol. The quantitative estimate of drug-likeness (QED) is 0.297. The van der Waals surface area contributed by atoms with E-state index >= 15 is 0 Å². The summed E-state index contributed by atoms with van der Waals surface area (Å²) < 4.78 is 43.6. The molecule has 180 valence electrons. The fraction of sp³-hybridized carbons (Fsp3) is 0.0400. The number of hydrogen-bond acceptors (Lipinski definition) is 9. The van der Waals surface area contributed by atoms with Gasteiger partial charge in [0.05, 0.1) is 12.0 Å². The number of furan rings is 1. The van der Waals surface area contributed by atoms with Crippen molar-refractivity contribution in [2.24, 2.45) is 4.99 Å². The first kappa shape index (κ1) is 23.0. The molecule has 0 aliphatic carbocycles. The van der Waals surface area contributed by atoms with Gasteiger partial charge in [-0.15, -0.1) is 0 Å². The predicted octanol–water partition coefficient (Wildman–Crippen LogP) is 3.89. The minimum absolute atomic E-state index is 0.0199. The second-order valence-electron chi connectivity index (χ2n) is 7.47. The number of aliphatic imine (C=N–C) groups is 1. The van der Waals surface area contributed by atoms with Gasteiger partial charge in [-0.3, -0.25) is 0 Å². The molecule has 0 fully saturated rings. The molecule has 0 saturated heterocycles. The SMILES string of the molecule is COc1ccc(C2=N/C(=C/c3ccc(-c4ccc(S(=O)(=O)Nc5ncccn5)cc4)o3)C(=O)O2)cc1. The third-order valence-corrected chi connectivity index (χ3v) is 6.45. The first-order valence-corrected chi connectivity index (χ1v) is 12.1. The molecule has 3 heterocycles. The van der Waals surface area contributed by atoms with E-state index in [1.165, 1.54) is 30.6 Å². The summed E-state index contributed by atoms with van der Waals surface area (Å²) in [5.74, 6) is 1.12. The molecule has 2 aromatic heterocycles. The smallest absolute Gasteiger partial charge is 0.363 e. The number of carbonyl (C=O) groups excluding carboxylic acids is 1. The number of sulfonamides is 1. The molecule has 0 amide bonds. The van der Waals surface area contributed by atoms with Gasteiger partial charge in [-0.1, -0.05) is 0 Å². The zero-order chi connectivity index (χ0) is 25.1. The van der Waals surface area contributed by atoms with Crippen LogP contribution in [-0.2, 0) is 19.6 Å². The summed E-state index contributed by atoms with van der Waals surface area (Å²) in [6.45, 7) is 0. The number of cyclic esters (lactones) is 1. The van der Waals surface area contributed by atoms with Gasteiger partial charge in [-0.25, -0.2) is 32.9 Å². The Morgan fingerprint density at radius 1 is 0.917 bits per heavy atom. The van der Waals surface area contributed by atoms with Crippen LogP contribution in [0.25, 0.3) is 17.4 Å². The lowest BCUT2D eigenvalue weighted by atomic mass is 10.2. The Kier molecular flexibility index (Phi) is 6.05. The molecule has 0 unspecified atom stereocenters. The molecule has 11 heteroatoms. The highest BCUT2D eigenvalue weighted by atomic mass is 32.2. The lowest BCUT2D eigenvalue weighted by molar-refractivity contribution is -0.129. The second kappa shape index (κ2) is 9.47. The fourth-order valence-corrected chi connectivity index (χ4v) is 4.27. The van der Waals surface area contributed by atoms with Crippen LogP contribution in [0.2, 0.25) is 0 Å². The number of carbonyl (C=O) groups is 1. The third-order valence-electron chi connectivity index (χ3n) is 5.10. The Hall–Kier alpha value is -4.77. The molecule has 4 aromatic rings. The van der Waals surface area contributed by atoms with E-state index < -0.39 is 16.0 Å². The van der Waals surface area contributed by atoms with E-state index in [0.717, 1.165) is 0 Å². The maximum atomic E-state index is 12.6. The summed E-state index contributed by atoms with van der Waals surface area (Å²) in [5.41, 5.74) is 1.37. The molecule has 0 atom stereocenters. The molecular weight excluding hydrogens is 484 g/mol. The van der Waals surface area contributed by atoms with Crippen molar-refractivity contribution in [1.82, 2.24) is 9.97 Å². The molecule has 5 rings (SSSR count). The number of hydrogen-bond donors (Lipinski definition) is 1. The van der Waals surface area contributed by atoms with Crippen LogP contribution in [0.1, 0.15) is 11.3 Å². The zero-order valence-electron chi connectivity index (χ0n) is 18.8. The van der Waals surface area contributed by atoms with Gasteiger partial charge >= 0.3 is 5.97 Å². The lowest BCUT2D eigenvalue weighted by Crippen LogP contribution is -2.14. The van der Waals surface area contributed by atoms with Gasteiger partial charge in [0.15, 0.2) is 5.70 Å². The average Bonchev–Trinajstić information content (AvgIpc) is 3.51. The Bertz CT molecular complexity index is 1580. The number of aromatic nitrogens is 2. The summed E-state index contributed by atoms with van der Waals surface area (Å²) in [7, 11) is -2.28. The van der Waals surface area contributed by atoms with Gasteiger partial charge in [-0.2, -0.15) is 0 Å². The van der Waals surface area contributed by atoms with Gasteiger partial charge in [0.25, 0.3) is 10.0 Å². The first-order chi connectivity index (χ1) is 17.4. The van der Waals surface area contributed by atoms with Crippen LogP contribution in [0.4, 0.5) is 5.95 Å². The van der Waals surface area contributed by atoms with Crippen molar-refractivity contribution >= 4 is 33.9 Å². The van der Waals surface area contributed by atoms with Crippen molar-refractivity contribution in [3.05, 3.63) is 96.1 Å². The van der Waals surface area contributed by atoms with E-state index in [0.29, 0.717) is 28.4 Å². The Morgan fingerprint density at radius 3 is 2.31 bits per heavy atom. The van der Waals surface area contributed by atoms with E-state index in [1.54, 1.807) is 61.7 Å². The van der Waals surface area contributed by atoms with Crippen molar-refractivity contribution in [1.29, 1.82) is 0 Å². The number of benzene rings is 2. The molecule has 10 nitrogen and oxygen atoms in total. The number of rotatable bonds is 7. The largest absolute Gasteiger partial charge is 0.497 e. The molecule has 0 saturated carbocycles. The maximum absolute atomic E-state index is 12.6. The number of anilines is 1. The number of nitrogens with one attached hydrogen (secondary N) is 1. The molecule has 1 aliphatic heterocycles. The van der Waals surface area contributed by atoms with Crippen LogP contribution < -0.4 is 9.46 Å². The standard InChI is InChI=1S/C25H18N4O6S/c1-33-18-7-3-17(4-8-18)23-28-21(24(30)35-23)15-19-9-12-22(34-19)16-5-10-20(11-6-16)36(31,32)29-25-26-13-2-14-27-25/h2-15H,1H3,(H,26,27,29)/b21-15+. The minimum atomic E-state index is -3.85. The summed E-state index contributed by atoms with van der Waals surface area (Å²) in [5, 5.41) is 0.